The van der Waals surface area contributed by atoms with E-state index in [-0.39, 0.29) is 0 Å². The molecule has 0 unspecified atom stereocenters. The summed E-state index contributed by atoms with van der Waals surface area (Å²) >= 11 is 0. The number of carbonyl (C=O) groups is 1. The fourth-order valence-corrected chi connectivity index (χ4v) is 3.56. The van der Waals surface area contributed by atoms with E-state index in [2.05, 4.69) is 19.1 Å². The molecule has 0 radical (unpaired) electrons. The van der Waals surface area contributed by atoms with Gasteiger partial charge in [0.2, 0.25) is 0 Å². The largest absolute Gasteiger partial charge is 0.423 e. The standard InChI is InChI=1S/C22H23NO2/c1-2-16-3-7-18(8-4-16)19-11-13-21(14-12-19)25-22(24)20-9-5-17(15-23)6-10-20/h5-6,9-14,16,18H,2-4,7-8H2,1H3. The molecule has 0 aliphatic heterocycles. The van der Waals surface area contributed by atoms with Crippen molar-refractivity contribution in [2.24, 2.45) is 5.92 Å². The monoisotopic (exact) mass is 333 g/mol. The molecule has 0 amide bonds. The number of hydrogen-bond donors (Lipinski definition) is 0. The first-order valence-corrected chi connectivity index (χ1v) is 9.02. The van der Waals surface area contributed by atoms with Gasteiger partial charge >= 0.3 is 5.97 Å². The smallest absolute Gasteiger partial charge is 0.343 e. The number of ether oxygens (including phenoxy) is 1. The number of nitriles is 1. The van der Waals surface area contributed by atoms with Gasteiger partial charge < -0.3 is 4.74 Å². The quantitative estimate of drug-likeness (QED) is 0.551. The summed E-state index contributed by atoms with van der Waals surface area (Å²) in [6.07, 6.45) is 6.43. The molecular formula is C22H23NO2. The molecule has 1 aliphatic carbocycles. The van der Waals surface area contributed by atoms with Crippen LogP contribution >= 0.6 is 0 Å². The van der Waals surface area contributed by atoms with Crippen LogP contribution in [0.5, 0.6) is 5.75 Å². The van der Waals surface area contributed by atoms with Gasteiger partial charge in [-0.05, 0) is 79.5 Å². The van der Waals surface area contributed by atoms with Crippen molar-refractivity contribution in [1.82, 2.24) is 0 Å². The van der Waals surface area contributed by atoms with Crippen LogP contribution in [0, 0.1) is 17.2 Å². The maximum absolute atomic E-state index is 12.2. The zero-order valence-corrected chi connectivity index (χ0v) is 14.6. The Bertz CT molecular complexity index is 748. The molecule has 1 fully saturated rings. The van der Waals surface area contributed by atoms with Gasteiger partial charge in [0.05, 0.1) is 17.2 Å². The van der Waals surface area contributed by atoms with Crippen LogP contribution in [0.1, 0.15) is 66.4 Å². The van der Waals surface area contributed by atoms with E-state index in [0.29, 0.717) is 22.8 Å². The van der Waals surface area contributed by atoms with Crippen molar-refractivity contribution in [3.8, 4) is 11.8 Å². The van der Waals surface area contributed by atoms with Gasteiger partial charge in [-0.15, -0.1) is 0 Å². The number of benzene rings is 2. The van der Waals surface area contributed by atoms with E-state index in [9.17, 15) is 4.79 Å². The minimum Gasteiger partial charge on any atom is -0.423 e. The molecule has 0 atom stereocenters. The summed E-state index contributed by atoms with van der Waals surface area (Å²) in [4.78, 5) is 12.2. The number of hydrogen-bond acceptors (Lipinski definition) is 3. The molecule has 0 heterocycles. The average Bonchev–Trinajstić information content (AvgIpc) is 2.68. The zero-order chi connectivity index (χ0) is 17.6. The van der Waals surface area contributed by atoms with Gasteiger partial charge in [0.1, 0.15) is 5.75 Å². The van der Waals surface area contributed by atoms with Crippen LogP contribution in [-0.2, 0) is 0 Å². The Hall–Kier alpha value is -2.60. The van der Waals surface area contributed by atoms with Crippen molar-refractivity contribution < 1.29 is 9.53 Å². The summed E-state index contributed by atoms with van der Waals surface area (Å²) in [5.74, 6) is 1.68. The van der Waals surface area contributed by atoms with Crippen molar-refractivity contribution in [2.75, 3.05) is 0 Å². The summed E-state index contributed by atoms with van der Waals surface area (Å²) in [7, 11) is 0. The molecule has 128 valence electrons. The van der Waals surface area contributed by atoms with E-state index >= 15 is 0 Å². The van der Waals surface area contributed by atoms with Gasteiger partial charge in [-0.25, -0.2) is 4.79 Å². The molecule has 0 spiro atoms. The van der Waals surface area contributed by atoms with Crippen molar-refractivity contribution in [2.45, 2.75) is 44.9 Å². The maximum Gasteiger partial charge on any atom is 0.343 e. The van der Waals surface area contributed by atoms with Crippen molar-refractivity contribution >= 4 is 5.97 Å². The molecule has 1 aliphatic rings. The lowest BCUT2D eigenvalue weighted by atomic mass is 9.78. The van der Waals surface area contributed by atoms with E-state index in [1.165, 1.54) is 37.7 Å². The zero-order valence-electron chi connectivity index (χ0n) is 14.6. The molecule has 0 bridgehead atoms. The van der Waals surface area contributed by atoms with Crippen LogP contribution in [0.2, 0.25) is 0 Å². The lowest BCUT2D eigenvalue weighted by molar-refractivity contribution is 0.0734. The third-order valence-electron chi connectivity index (χ3n) is 5.24. The first-order chi connectivity index (χ1) is 12.2. The second-order valence-corrected chi connectivity index (χ2v) is 6.77. The van der Waals surface area contributed by atoms with Gasteiger partial charge in [-0.1, -0.05) is 25.5 Å². The molecule has 0 saturated heterocycles. The third-order valence-corrected chi connectivity index (χ3v) is 5.24. The van der Waals surface area contributed by atoms with Crippen LogP contribution in [0.15, 0.2) is 48.5 Å². The number of esters is 1. The number of rotatable bonds is 4. The molecule has 3 rings (SSSR count). The second kappa shape index (κ2) is 7.98. The molecule has 3 heteroatoms. The first-order valence-electron chi connectivity index (χ1n) is 9.02. The average molecular weight is 333 g/mol. The third kappa shape index (κ3) is 4.28. The topological polar surface area (TPSA) is 50.1 Å². The Kier molecular flexibility index (Phi) is 5.50. The Morgan fingerprint density at radius 3 is 2.24 bits per heavy atom. The Morgan fingerprint density at radius 1 is 1.04 bits per heavy atom. The van der Waals surface area contributed by atoms with E-state index in [4.69, 9.17) is 10.00 Å². The second-order valence-electron chi connectivity index (χ2n) is 6.77. The SMILES string of the molecule is CCC1CCC(c2ccc(OC(=O)c3ccc(C#N)cc3)cc2)CC1. The first kappa shape index (κ1) is 17.2. The highest BCUT2D eigenvalue weighted by atomic mass is 16.5. The number of carbonyl (C=O) groups excluding carboxylic acids is 1. The Morgan fingerprint density at radius 2 is 1.68 bits per heavy atom. The van der Waals surface area contributed by atoms with Gasteiger partial charge in [0.25, 0.3) is 0 Å². The van der Waals surface area contributed by atoms with Crippen LogP contribution in [-0.4, -0.2) is 5.97 Å². The van der Waals surface area contributed by atoms with Crippen molar-refractivity contribution in [3.63, 3.8) is 0 Å². The normalized spacial score (nSPS) is 19.8. The highest BCUT2D eigenvalue weighted by Crippen LogP contribution is 2.37. The summed E-state index contributed by atoms with van der Waals surface area (Å²) < 4.78 is 5.43. The summed E-state index contributed by atoms with van der Waals surface area (Å²) in [6, 6.07) is 16.4. The molecule has 1 saturated carbocycles. The van der Waals surface area contributed by atoms with Crippen molar-refractivity contribution in [1.29, 1.82) is 5.26 Å². The molecular weight excluding hydrogens is 310 g/mol. The fraction of sp³-hybridized carbons (Fsp3) is 0.364. The molecule has 2 aromatic carbocycles. The number of nitrogens with zero attached hydrogens (tertiary/aromatic N) is 1. The highest BCUT2D eigenvalue weighted by Gasteiger charge is 2.21. The molecule has 2 aromatic rings. The predicted octanol–water partition coefficient (Wildman–Crippen LogP) is 5.46. The molecule has 25 heavy (non-hydrogen) atoms. The van der Waals surface area contributed by atoms with Gasteiger partial charge in [0.15, 0.2) is 0 Å². The van der Waals surface area contributed by atoms with Crippen LogP contribution < -0.4 is 4.74 Å². The maximum atomic E-state index is 12.2. The highest BCUT2D eigenvalue weighted by molar-refractivity contribution is 5.91. The van der Waals surface area contributed by atoms with Gasteiger partial charge in [-0.3, -0.25) is 0 Å². The minimum absolute atomic E-state index is 0.402. The Balaban J connectivity index is 1.60. The van der Waals surface area contributed by atoms with Crippen LogP contribution in [0.25, 0.3) is 0 Å². The van der Waals surface area contributed by atoms with Crippen LogP contribution in [0.4, 0.5) is 0 Å². The molecule has 3 nitrogen and oxygen atoms in total. The molecule has 0 aromatic heterocycles. The van der Waals surface area contributed by atoms with E-state index < -0.39 is 5.97 Å². The Labute approximate surface area is 149 Å². The lowest BCUT2D eigenvalue weighted by Gasteiger charge is -2.28. The van der Waals surface area contributed by atoms with Gasteiger partial charge in [-0.2, -0.15) is 5.26 Å². The van der Waals surface area contributed by atoms with E-state index in [1.54, 1.807) is 24.3 Å². The predicted molar refractivity (Wildman–Crippen MR) is 97.5 cm³/mol. The van der Waals surface area contributed by atoms with E-state index in [0.717, 1.165) is 5.92 Å². The summed E-state index contributed by atoms with van der Waals surface area (Å²) in [5.41, 5.74) is 2.31. The van der Waals surface area contributed by atoms with Crippen molar-refractivity contribution in [3.05, 3.63) is 65.2 Å². The minimum atomic E-state index is -0.402. The van der Waals surface area contributed by atoms with Gasteiger partial charge in [0, 0.05) is 0 Å². The summed E-state index contributed by atoms with van der Waals surface area (Å²) in [5, 5.41) is 8.80. The fourth-order valence-electron chi connectivity index (χ4n) is 3.56. The van der Waals surface area contributed by atoms with Crippen LogP contribution in [0.3, 0.4) is 0 Å². The molecule has 0 N–H and O–H groups in total. The lowest BCUT2D eigenvalue weighted by Crippen LogP contribution is -2.12. The van der Waals surface area contributed by atoms with E-state index in [1.807, 2.05) is 18.2 Å². The summed E-state index contributed by atoms with van der Waals surface area (Å²) in [6.45, 7) is 2.28.